The molecule has 2 saturated heterocycles. The van der Waals surface area contributed by atoms with Crippen LogP contribution >= 0.6 is 0 Å². The lowest BCUT2D eigenvalue weighted by atomic mass is 9.97. The van der Waals surface area contributed by atoms with Crippen LogP contribution in [0.1, 0.15) is 59.3 Å². The summed E-state index contributed by atoms with van der Waals surface area (Å²) in [5.41, 5.74) is 0.918. The molecule has 2 atom stereocenters. The minimum absolute atomic E-state index is 0.259. The molecule has 0 spiro atoms. The molecule has 0 aromatic rings. The first-order valence-corrected chi connectivity index (χ1v) is 7.89. The van der Waals surface area contributed by atoms with Gasteiger partial charge in [0.25, 0.3) is 0 Å². The van der Waals surface area contributed by atoms with Crippen molar-refractivity contribution in [3.05, 3.63) is 11.6 Å². The van der Waals surface area contributed by atoms with E-state index in [2.05, 4.69) is 30.1 Å². The highest BCUT2D eigenvalue weighted by atomic mass is 16.2. The van der Waals surface area contributed by atoms with E-state index in [0.29, 0.717) is 18.1 Å². The van der Waals surface area contributed by atoms with E-state index in [1.54, 1.807) is 0 Å². The molecule has 2 fully saturated rings. The molecule has 3 heteroatoms. The first-order valence-electron chi connectivity index (χ1n) is 7.89. The monoisotopic (exact) mass is 264 g/mol. The van der Waals surface area contributed by atoms with Gasteiger partial charge in [-0.1, -0.05) is 19.9 Å². The zero-order valence-corrected chi connectivity index (χ0v) is 12.6. The van der Waals surface area contributed by atoms with Gasteiger partial charge < -0.3 is 10.2 Å². The van der Waals surface area contributed by atoms with Gasteiger partial charge in [-0.2, -0.15) is 0 Å². The summed E-state index contributed by atoms with van der Waals surface area (Å²) in [4.78, 5) is 14.7. The van der Waals surface area contributed by atoms with Crippen molar-refractivity contribution >= 4 is 5.91 Å². The summed E-state index contributed by atoms with van der Waals surface area (Å²) in [5.74, 6) is 0.259. The maximum atomic E-state index is 12.6. The molecule has 2 aliphatic rings. The quantitative estimate of drug-likeness (QED) is 0.774. The van der Waals surface area contributed by atoms with Crippen molar-refractivity contribution < 1.29 is 4.79 Å². The van der Waals surface area contributed by atoms with Gasteiger partial charge in [-0.05, 0) is 45.4 Å². The average Bonchev–Trinajstić information content (AvgIpc) is 2.74. The van der Waals surface area contributed by atoms with E-state index in [1.807, 2.05) is 6.92 Å². The number of fused-ring (bicyclic) bond motifs is 2. The Hall–Kier alpha value is -0.830. The predicted octanol–water partition coefficient (Wildman–Crippen LogP) is 2.86. The normalized spacial score (nSPS) is 30.5. The van der Waals surface area contributed by atoms with E-state index >= 15 is 0 Å². The maximum Gasteiger partial charge on any atom is 0.249 e. The zero-order chi connectivity index (χ0) is 13.8. The largest absolute Gasteiger partial charge is 0.336 e. The van der Waals surface area contributed by atoms with Crippen LogP contribution in [0.5, 0.6) is 0 Å². The Kier molecular flexibility index (Phi) is 5.03. The van der Waals surface area contributed by atoms with Crippen LogP contribution in [-0.4, -0.2) is 35.5 Å². The van der Waals surface area contributed by atoms with Crippen LogP contribution in [0, 0.1) is 0 Å². The molecular formula is C16H28N2O. The molecule has 2 bridgehead atoms. The van der Waals surface area contributed by atoms with Crippen LogP contribution < -0.4 is 5.32 Å². The molecule has 1 amide bonds. The standard InChI is InChI=1S/C16H28N2O/c1-4-6-12(3)16(19)18(9-5-2)15-10-13-7-8-14(11-15)17-13/h6,13-15,17H,4-5,7-11H2,1-3H3. The van der Waals surface area contributed by atoms with Gasteiger partial charge in [-0.25, -0.2) is 0 Å². The number of hydrogen-bond acceptors (Lipinski definition) is 2. The van der Waals surface area contributed by atoms with E-state index in [0.717, 1.165) is 37.8 Å². The van der Waals surface area contributed by atoms with Gasteiger partial charge in [-0.15, -0.1) is 0 Å². The van der Waals surface area contributed by atoms with E-state index in [9.17, 15) is 4.79 Å². The second-order valence-electron chi connectivity index (χ2n) is 6.06. The summed E-state index contributed by atoms with van der Waals surface area (Å²) in [6.45, 7) is 7.11. The summed E-state index contributed by atoms with van der Waals surface area (Å²) in [6.07, 6.45) is 8.90. The number of carbonyl (C=O) groups excluding carboxylic acids is 1. The van der Waals surface area contributed by atoms with Gasteiger partial charge >= 0.3 is 0 Å². The van der Waals surface area contributed by atoms with Crippen LogP contribution in [0.4, 0.5) is 0 Å². The lowest BCUT2D eigenvalue weighted by Crippen LogP contribution is -2.50. The van der Waals surface area contributed by atoms with Crippen molar-refractivity contribution in [1.29, 1.82) is 0 Å². The van der Waals surface area contributed by atoms with Crippen molar-refractivity contribution in [3.8, 4) is 0 Å². The van der Waals surface area contributed by atoms with Crippen molar-refractivity contribution in [2.45, 2.75) is 77.4 Å². The van der Waals surface area contributed by atoms with Crippen LogP contribution in [-0.2, 0) is 4.79 Å². The predicted molar refractivity (Wildman–Crippen MR) is 79.0 cm³/mol. The summed E-state index contributed by atoms with van der Waals surface area (Å²) >= 11 is 0. The third-order valence-electron chi connectivity index (χ3n) is 4.46. The number of nitrogens with one attached hydrogen (secondary N) is 1. The van der Waals surface area contributed by atoms with Crippen molar-refractivity contribution in [2.75, 3.05) is 6.54 Å². The third kappa shape index (κ3) is 3.38. The first kappa shape index (κ1) is 14.6. The Morgan fingerprint density at radius 3 is 2.42 bits per heavy atom. The lowest BCUT2D eigenvalue weighted by molar-refractivity contribution is -0.130. The molecule has 19 heavy (non-hydrogen) atoms. The van der Waals surface area contributed by atoms with Crippen LogP contribution in [0.15, 0.2) is 11.6 Å². The fourth-order valence-corrected chi connectivity index (χ4v) is 3.59. The SMILES string of the molecule is CCC=C(C)C(=O)N(CCC)C1CC2CCC(C1)N2. The third-order valence-corrected chi connectivity index (χ3v) is 4.46. The summed E-state index contributed by atoms with van der Waals surface area (Å²) < 4.78 is 0. The highest BCUT2D eigenvalue weighted by Crippen LogP contribution is 2.30. The maximum absolute atomic E-state index is 12.6. The molecule has 0 aromatic heterocycles. The molecule has 2 heterocycles. The van der Waals surface area contributed by atoms with Crippen molar-refractivity contribution in [1.82, 2.24) is 10.2 Å². The van der Waals surface area contributed by atoms with Gasteiger partial charge in [0.1, 0.15) is 0 Å². The minimum Gasteiger partial charge on any atom is -0.336 e. The second kappa shape index (κ2) is 6.56. The van der Waals surface area contributed by atoms with Gasteiger partial charge in [0.15, 0.2) is 0 Å². The molecule has 0 aliphatic carbocycles. The van der Waals surface area contributed by atoms with Gasteiger partial charge in [0.2, 0.25) is 5.91 Å². The molecule has 3 nitrogen and oxygen atoms in total. The van der Waals surface area contributed by atoms with E-state index < -0.39 is 0 Å². The smallest absolute Gasteiger partial charge is 0.249 e. The number of carbonyl (C=O) groups is 1. The second-order valence-corrected chi connectivity index (χ2v) is 6.06. The number of allylic oxidation sites excluding steroid dienone is 1. The molecule has 0 radical (unpaired) electrons. The highest BCUT2D eigenvalue weighted by molar-refractivity contribution is 5.93. The van der Waals surface area contributed by atoms with E-state index in [4.69, 9.17) is 0 Å². The van der Waals surface area contributed by atoms with Crippen LogP contribution in [0.3, 0.4) is 0 Å². The number of rotatable bonds is 5. The minimum atomic E-state index is 0.259. The number of amides is 1. The summed E-state index contributed by atoms with van der Waals surface area (Å²) in [6, 6.07) is 1.74. The fraction of sp³-hybridized carbons (Fsp3) is 0.812. The molecule has 2 aliphatic heterocycles. The molecular weight excluding hydrogens is 236 g/mol. The Morgan fingerprint density at radius 1 is 1.26 bits per heavy atom. The number of piperidine rings is 1. The van der Waals surface area contributed by atoms with E-state index in [1.165, 1.54) is 12.8 Å². The Labute approximate surface area is 117 Å². The van der Waals surface area contributed by atoms with Crippen LogP contribution in [0.25, 0.3) is 0 Å². The number of hydrogen-bond donors (Lipinski definition) is 1. The molecule has 108 valence electrons. The van der Waals surface area contributed by atoms with Gasteiger partial charge in [0, 0.05) is 30.2 Å². The lowest BCUT2D eigenvalue weighted by Gasteiger charge is -2.38. The molecule has 0 saturated carbocycles. The number of nitrogens with zero attached hydrogens (tertiary/aromatic N) is 1. The molecule has 0 aromatic carbocycles. The van der Waals surface area contributed by atoms with Crippen molar-refractivity contribution in [2.24, 2.45) is 0 Å². The van der Waals surface area contributed by atoms with Gasteiger partial charge in [-0.3, -0.25) is 4.79 Å². The fourth-order valence-electron chi connectivity index (χ4n) is 3.59. The highest BCUT2D eigenvalue weighted by Gasteiger charge is 2.37. The molecule has 2 unspecified atom stereocenters. The van der Waals surface area contributed by atoms with Gasteiger partial charge in [0.05, 0.1) is 0 Å². The summed E-state index contributed by atoms with van der Waals surface area (Å²) in [7, 11) is 0. The molecule has 2 rings (SSSR count). The first-order chi connectivity index (χ1) is 9.15. The Bertz CT molecular complexity index is 339. The van der Waals surface area contributed by atoms with E-state index in [-0.39, 0.29) is 5.91 Å². The average molecular weight is 264 g/mol. The van der Waals surface area contributed by atoms with Crippen LogP contribution in [0.2, 0.25) is 0 Å². The van der Waals surface area contributed by atoms with Crippen molar-refractivity contribution in [3.63, 3.8) is 0 Å². The summed E-state index contributed by atoms with van der Waals surface area (Å²) in [5, 5.41) is 3.66. The Morgan fingerprint density at radius 2 is 1.89 bits per heavy atom. The molecule has 1 N–H and O–H groups in total. The Balaban J connectivity index is 2.07. The zero-order valence-electron chi connectivity index (χ0n) is 12.6. The topological polar surface area (TPSA) is 32.3 Å².